The Kier molecular flexibility index (Phi) is 4.98. The van der Waals surface area contributed by atoms with E-state index in [0.717, 1.165) is 29.5 Å². The normalized spacial score (nSPS) is 10.2. The van der Waals surface area contributed by atoms with Gasteiger partial charge in [0.05, 0.1) is 0 Å². The molecule has 0 heterocycles. The first kappa shape index (κ1) is 11.5. The highest BCUT2D eigenvalue weighted by molar-refractivity contribution is 9.10. The number of hydrogen-bond acceptors (Lipinski definition) is 2. The van der Waals surface area contributed by atoms with E-state index in [9.17, 15) is 0 Å². The van der Waals surface area contributed by atoms with Gasteiger partial charge >= 0.3 is 0 Å². The van der Waals surface area contributed by atoms with Crippen LogP contribution in [0.25, 0.3) is 0 Å². The molecule has 0 saturated carbocycles. The van der Waals surface area contributed by atoms with Crippen LogP contribution in [0.2, 0.25) is 0 Å². The molecule has 0 amide bonds. The number of benzene rings is 1. The van der Waals surface area contributed by atoms with Gasteiger partial charge in [-0.3, -0.25) is 0 Å². The van der Waals surface area contributed by atoms with Crippen LogP contribution in [0.1, 0.15) is 18.4 Å². The fourth-order valence-corrected chi connectivity index (χ4v) is 1.86. The molecular formula is C11H16BrNO. The Morgan fingerprint density at radius 3 is 2.79 bits per heavy atom. The average molecular weight is 258 g/mol. The van der Waals surface area contributed by atoms with Crippen molar-refractivity contribution in [1.29, 1.82) is 0 Å². The summed E-state index contributed by atoms with van der Waals surface area (Å²) in [5, 5.41) is 11.9. The van der Waals surface area contributed by atoms with Gasteiger partial charge in [0, 0.05) is 23.3 Å². The Morgan fingerprint density at radius 1 is 1.36 bits per heavy atom. The molecule has 2 N–H and O–H groups in total. The van der Waals surface area contributed by atoms with E-state index in [0.29, 0.717) is 0 Å². The summed E-state index contributed by atoms with van der Waals surface area (Å²) in [7, 11) is 0. The van der Waals surface area contributed by atoms with Crippen molar-refractivity contribution in [3.05, 3.63) is 28.2 Å². The average Bonchev–Trinajstić information content (AvgIpc) is 2.15. The van der Waals surface area contributed by atoms with E-state index in [4.69, 9.17) is 5.11 Å². The molecule has 2 nitrogen and oxygen atoms in total. The number of aryl methyl sites for hydroxylation is 1. The molecule has 1 aromatic rings. The van der Waals surface area contributed by atoms with Crippen LogP contribution in [0, 0.1) is 6.92 Å². The summed E-state index contributed by atoms with van der Waals surface area (Å²) in [6, 6.07) is 6.24. The predicted octanol–water partition coefficient (Wildman–Crippen LogP) is 2.94. The molecule has 0 spiro atoms. The summed E-state index contributed by atoms with van der Waals surface area (Å²) < 4.78 is 1.10. The van der Waals surface area contributed by atoms with E-state index < -0.39 is 0 Å². The molecule has 0 aliphatic rings. The minimum atomic E-state index is 0.275. The summed E-state index contributed by atoms with van der Waals surface area (Å²) in [5.41, 5.74) is 2.37. The largest absolute Gasteiger partial charge is 0.396 e. The fourth-order valence-electron chi connectivity index (χ4n) is 1.22. The molecule has 1 aromatic carbocycles. The molecule has 0 aromatic heterocycles. The lowest BCUT2D eigenvalue weighted by atomic mass is 10.2. The van der Waals surface area contributed by atoms with Crippen molar-refractivity contribution in [2.75, 3.05) is 18.5 Å². The Bertz CT molecular complexity index is 289. The fraction of sp³-hybridized carbons (Fsp3) is 0.455. The highest BCUT2D eigenvalue weighted by Gasteiger charge is 1.98. The van der Waals surface area contributed by atoms with Crippen molar-refractivity contribution in [2.45, 2.75) is 19.8 Å². The van der Waals surface area contributed by atoms with Gasteiger partial charge in [-0.1, -0.05) is 6.07 Å². The monoisotopic (exact) mass is 257 g/mol. The molecule has 0 atom stereocenters. The molecule has 0 aliphatic heterocycles. The van der Waals surface area contributed by atoms with E-state index in [2.05, 4.69) is 46.4 Å². The Balaban J connectivity index is 2.42. The second-order valence-electron chi connectivity index (χ2n) is 3.34. The molecule has 0 aliphatic carbocycles. The van der Waals surface area contributed by atoms with E-state index in [1.165, 1.54) is 5.56 Å². The lowest BCUT2D eigenvalue weighted by Gasteiger charge is -2.08. The quantitative estimate of drug-likeness (QED) is 0.796. The van der Waals surface area contributed by atoms with Crippen molar-refractivity contribution >= 4 is 21.6 Å². The maximum Gasteiger partial charge on any atom is 0.0484 e. The van der Waals surface area contributed by atoms with Crippen LogP contribution >= 0.6 is 15.9 Å². The smallest absolute Gasteiger partial charge is 0.0484 e. The van der Waals surface area contributed by atoms with Gasteiger partial charge in [0.1, 0.15) is 0 Å². The van der Waals surface area contributed by atoms with E-state index in [-0.39, 0.29) is 6.61 Å². The highest BCUT2D eigenvalue weighted by atomic mass is 79.9. The Hall–Kier alpha value is -0.540. The first-order valence-corrected chi connectivity index (χ1v) is 5.64. The SMILES string of the molecule is Cc1ccc(NCCCCO)c(Br)c1. The number of hydrogen-bond donors (Lipinski definition) is 2. The van der Waals surface area contributed by atoms with Gasteiger partial charge < -0.3 is 10.4 Å². The number of aliphatic hydroxyl groups excluding tert-OH is 1. The molecular weight excluding hydrogens is 242 g/mol. The van der Waals surface area contributed by atoms with Crippen LogP contribution in [0.5, 0.6) is 0 Å². The molecule has 0 fully saturated rings. The molecule has 1 rings (SSSR count). The zero-order chi connectivity index (χ0) is 10.4. The first-order chi connectivity index (χ1) is 6.74. The van der Waals surface area contributed by atoms with Gasteiger partial charge in [0.15, 0.2) is 0 Å². The zero-order valence-corrected chi connectivity index (χ0v) is 9.97. The molecule has 0 radical (unpaired) electrons. The summed E-state index contributed by atoms with van der Waals surface area (Å²) in [5.74, 6) is 0. The van der Waals surface area contributed by atoms with Gasteiger partial charge in [-0.25, -0.2) is 0 Å². The third-order valence-electron chi connectivity index (χ3n) is 2.02. The molecule has 14 heavy (non-hydrogen) atoms. The molecule has 0 unspecified atom stereocenters. The summed E-state index contributed by atoms with van der Waals surface area (Å²) in [6.07, 6.45) is 1.85. The van der Waals surface area contributed by atoms with Gasteiger partial charge in [0.2, 0.25) is 0 Å². The first-order valence-electron chi connectivity index (χ1n) is 4.85. The van der Waals surface area contributed by atoms with Crippen molar-refractivity contribution in [1.82, 2.24) is 0 Å². The van der Waals surface area contributed by atoms with E-state index in [1.54, 1.807) is 0 Å². The summed E-state index contributed by atoms with van der Waals surface area (Å²) in [4.78, 5) is 0. The second kappa shape index (κ2) is 6.04. The van der Waals surface area contributed by atoms with Gasteiger partial charge in [-0.15, -0.1) is 0 Å². The number of unbranched alkanes of at least 4 members (excludes halogenated alkanes) is 1. The highest BCUT2D eigenvalue weighted by Crippen LogP contribution is 2.23. The van der Waals surface area contributed by atoms with E-state index in [1.807, 2.05) is 0 Å². The number of rotatable bonds is 5. The van der Waals surface area contributed by atoms with Crippen LogP contribution < -0.4 is 5.32 Å². The van der Waals surface area contributed by atoms with Gasteiger partial charge in [-0.2, -0.15) is 0 Å². The summed E-state index contributed by atoms with van der Waals surface area (Å²) in [6.45, 7) is 3.25. The van der Waals surface area contributed by atoms with Crippen molar-refractivity contribution in [2.24, 2.45) is 0 Å². The summed E-state index contributed by atoms with van der Waals surface area (Å²) >= 11 is 3.50. The lowest BCUT2D eigenvalue weighted by Crippen LogP contribution is -2.02. The minimum absolute atomic E-state index is 0.275. The number of halogens is 1. The minimum Gasteiger partial charge on any atom is -0.396 e. The van der Waals surface area contributed by atoms with Crippen LogP contribution in [0.3, 0.4) is 0 Å². The van der Waals surface area contributed by atoms with Crippen molar-refractivity contribution in [3.63, 3.8) is 0 Å². The number of anilines is 1. The second-order valence-corrected chi connectivity index (χ2v) is 4.20. The third kappa shape index (κ3) is 3.68. The molecule has 0 saturated heterocycles. The third-order valence-corrected chi connectivity index (χ3v) is 2.68. The van der Waals surface area contributed by atoms with Crippen molar-refractivity contribution in [3.8, 4) is 0 Å². The maximum atomic E-state index is 8.62. The topological polar surface area (TPSA) is 32.3 Å². The zero-order valence-electron chi connectivity index (χ0n) is 8.39. The molecule has 0 bridgehead atoms. The Morgan fingerprint density at radius 2 is 2.14 bits per heavy atom. The molecule has 78 valence electrons. The van der Waals surface area contributed by atoms with Crippen molar-refractivity contribution < 1.29 is 5.11 Å². The van der Waals surface area contributed by atoms with E-state index >= 15 is 0 Å². The maximum absolute atomic E-state index is 8.62. The standard InChI is InChI=1S/C11H16BrNO/c1-9-4-5-11(10(12)8-9)13-6-2-3-7-14/h4-5,8,13-14H,2-3,6-7H2,1H3. The number of aliphatic hydroxyl groups is 1. The Labute approximate surface area is 93.5 Å². The van der Waals surface area contributed by atoms with Crippen LogP contribution in [0.4, 0.5) is 5.69 Å². The van der Waals surface area contributed by atoms with Crippen LogP contribution in [-0.4, -0.2) is 18.3 Å². The van der Waals surface area contributed by atoms with Crippen LogP contribution in [0.15, 0.2) is 22.7 Å². The van der Waals surface area contributed by atoms with Gasteiger partial charge in [-0.05, 0) is 53.4 Å². The predicted molar refractivity (Wildman–Crippen MR) is 63.7 cm³/mol. The van der Waals surface area contributed by atoms with Crippen LogP contribution in [-0.2, 0) is 0 Å². The lowest BCUT2D eigenvalue weighted by molar-refractivity contribution is 0.286. The number of nitrogens with one attached hydrogen (secondary N) is 1. The van der Waals surface area contributed by atoms with Gasteiger partial charge in [0.25, 0.3) is 0 Å². The molecule has 3 heteroatoms.